The van der Waals surface area contributed by atoms with Crippen molar-refractivity contribution in [3.8, 4) is 10.4 Å². The van der Waals surface area contributed by atoms with Crippen LogP contribution in [0.25, 0.3) is 10.4 Å². The van der Waals surface area contributed by atoms with Crippen molar-refractivity contribution in [2.75, 3.05) is 6.54 Å². The minimum Gasteiger partial charge on any atom is -0.326 e. The van der Waals surface area contributed by atoms with Crippen molar-refractivity contribution in [3.05, 3.63) is 69.9 Å². The Kier molecular flexibility index (Phi) is 7.54. The van der Waals surface area contributed by atoms with E-state index >= 15 is 0 Å². The van der Waals surface area contributed by atoms with Crippen LogP contribution in [0.2, 0.25) is 0 Å². The highest BCUT2D eigenvalue weighted by atomic mass is 35.5. The average molecular weight is 440 g/mol. The third kappa shape index (κ3) is 5.08. The molecule has 0 radical (unpaired) electrons. The molecular formula is C19H22ClN3O3S2. The molecular weight excluding hydrogens is 418 g/mol. The molecule has 0 saturated heterocycles. The summed E-state index contributed by atoms with van der Waals surface area (Å²) >= 11 is 1.20. The fraction of sp³-hybridized carbons (Fsp3) is 0.263. The molecule has 3 aromatic rings. The summed E-state index contributed by atoms with van der Waals surface area (Å²) in [5.74, 6) is 0. The first-order valence-corrected chi connectivity index (χ1v) is 10.9. The number of H-pyrrole nitrogens is 1. The number of aryl methyl sites for hydroxylation is 2. The fourth-order valence-electron chi connectivity index (χ4n) is 2.74. The summed E-state index contributed by atoms with van der Waals surface area (Å²) < 4.78 is 28.0. The Balaban J connectivity index is 0.00000280. The largest absolute Gasteiger partial charge is 0.326 e. The van der Waals surface area contributed by atoms with Gasteiger partial charge in [0.2, 0.25) is 10.0 Å². The SMILES string of the molecule is CCc1cc(-c2ccc(S(=O)(=O)NCCc3ccncc3)s2)c(C)[nH]c1=O.Cl. The lowest BCUT2D eigenvalue weighted by Crippen LogP contribution is -2.25. The Morgan fingerprint density at radius 1 is 1.18 bits per heavy atom. The van der Waals surface area contributed by atoms with E-state index < -0.39 is 10.0 Å². The second-order valence-corrected chi connectivity index (χ2v) is 9.22. The quantitative estimate of drug-likeness (QED) is 0.590. The molecule has 0 aliphatic carbocycles. The highest BCUT2D eigenvalue weighted by molar-refractivity contribution is 7.91. The minimum atomic E-state index is -3.57. The van der Waals surface area contributed by atoms with Gasteiger partial charge in [-0.1, -0.05) is 6.92 Å². The smallest absolute Gasteiger partial charge is 0.251 e. The van der Waals surface area contributed by atoms with Crippen LogP contribution in [0.1, 0.15) is 23.7 Å². The van der Waals surface area contributed by atoms with Gasteiger partial charge >= 0.3 is 0 Å². The summed E-state index contributed by atoms with van der Waals surface area (Å²) in [5.41, 5.74) is 3.20. The Labute approximate surface area is 174 Å². The number of pyridine rings is 2. The van der Waals surface area contributed by atoms with Crippen molar-refractivity contribution < 1.29 is 8.42 Å². The minimum absolute atomic E-state index is 0. The Morgan fingerprint density at radius 2 is 1.89 bits per heavy atom. The molecule has 3 rings (SSSR count). The van der Waals surface area contributed by atoms with Crippen molar-refractivity contribution in [3.63, 3.8) is 0 Å². The predicted molar refractivity (Wildman–Crippen MR) is 115 cm³/mol. The topological polar surface area (TPSA) is 91.9 Å². The molecule has 2 N–H and O–H groups in total. The number of aromatic nitrogens is 2. The molecule has 0 spiro atoms. The van der Waals surface area contributed by atoms with Gasteiger partial charge in [-0.3, -0.25) is 9.78 Å². The number of nitrogens with zero attached hydrogens (tertiary/aromatic N) is 1. The molecule has 3 aromatic heterocycles. The summed E-state index contributed by atoms with van der Waals surface area (Å²) in [5, 5.41) is 0. The van der Waals surface area contributed by atoms with Crippen LogP contribution in [0.15, 0.2) is 51.7 Å². The Morgan fingerprint density at radius 3 is 2.57 bits per heavy atom. The van der Waals surface area contributed by atoms with E-state index in [0.29, 0.717) is 24.9 Å². The Bertz CT molecular complexity index is 1090. The van der Waals surface area contributed by atoms with Gasteiger partial charge in [0.05, 0.1) is 0 Å². The summed E-state index contributed by atoms with van der Waals surface area (Å²) in [6.45, 7) is 4.05. The highest BCUT2D eigenvalue weighted by Gasteiger charge is 2.18. The van der Waals surface area contributed by atoms with E-state index in [2.05, 4.69) is 14.7 Å². The molecule has 0 saturated carbocycles. The lowest BCUT2D eigenvalue weighted by Gasteiger charge is -2.06. The van der Waals surface area contributed by atoms with E-state index in [0.717, 1.165) is 21.7 Å². The van der Waals surface area contributed by atoms with Crippen LogP contribution >= 0.6 is 23.7 Å². The monoisotopic (exact) mass is 439 g/mol. The summed E-state index contributed by atoms with van der Waals surface area (Å²) in [6, 6.07) is 8.95. The van der Waals surface area contributed by atoms with Crippen molar-refractivity contribution >= 4 is 33.8 Å². The Hall–Kier alpha value is -2.00. The summed E-state index contributed by atoms with van der Waals surface area (Å²) in [7, 11) is -3.57. The first kappa shape index (κ1) is 22.3. The maximum absolute atomic E-state index is 12.6. The number of thiophene rings is 1. The molecule has 6 nitrogen and oxygen atoms in total. The molecule has 150 valence electrons. The van der Waals surface area contributed by atoms with Gasteiger partial charge in [-0.05, 0) is 55.7 Å². The number of halogens is 1. The zero-order valence-corrected chi connectivity index (χ0v) is 18.0. The van der Waals surface area contributed by atoms with Crippen LogP contribution in [-0.2, 0) is 22.9 Å². The van der Waals surface area contributed by atoms with Gasteiger partial charge in [0, 0.05) is 40.6 Å². The molecule has 0 aliphatic heterocycles. The predicted octanol–water partition coefficient (Wildman–Crippen LogP) is 3.31. The molecule has 3 heterocycles. The van der Waals surface area contributed by atoms with Crippen LogP contribution in [0.5, 0.6) is 0 Å². The zero-order chi connectivity index (χ0) is 19.4. The summed E-state index contributed by atoms with van der Waals surface area (Å²) in [6.07, 6.45) is 4.59. The summed E-state index contributed by atoms with van der Waals surface area (Å²) in [4.78, 5) is 19.5. The van der Waals surface area contributed by atoms with Gasteiger partial charge in [-0.2, -0.15) is 0 Å². The second-order valence-electron chi connectivity index (χ2n) is 6.14. The lowest BCUT2D eigenvalue weighted by atomic mass is 10.1. The first-order chi connectivity index (χ1) is 12.9. The first-order valence-electron chi connectivity index (χ1n) is 8.62. The van der Waals surface area contributed by atoms with Gasteiger partial charge < -0.3 is 4.98 Å². The number of hydrogen-bond acceptors (Lipinski definition) is 5. The normalized spacial score (nSPS) is 11.2. The zero-order valence-electron chi connectivity index (χ0n) is 15.6. The van der Waals surface area contributed by atoms with E-state index in [-0.39, 0.29) is 22.2 Å². The van der Waals surface area contributed by atoms with Crippen molar-refractivity contribution in [2.24, 2.45) is 0 Å². The third-order valence-corrected chi connectivity index (χ3v) is 7.33. The molecule has 28 heavy (non-hydrogen) atoms. The van der Waals surface area contributed by atoms with Crippen molar-refractivity contribution in [1.82, 2.24) is 14.7 Å². The molecule has 0 atom stereocenters. The molecule has 0 amide bonds. The number of nitrogens with one attached hydrogen (secondary N) is 2. The maximum Gasteiger partial charge on any atom is 0.251 e. The van der Waals surface area contributed by atoms with E-state index in [1.807, 2.05) is 32.0 Å². The van der Waals surface area contributed by atoms with E-state index in [1.165, 1.54) is 11.3 Å². The van der Waals surface area contributed by atoms with Crippen molar-refractivity contribution in [2.45, 2.75) is 30.9 Å². The molecule has 0 aromatic carbocycles. The number of rotatable bonds is 7. The third-order valence-electron chi connectivity index (χ3n) is 4.26. The molecule has 0 bridgehead atoms. The molecule has 0 aliphatic rings. The lowest BCUT2D eigenvalue weighted by molar-refractivity contribution is 0.584. The maximum atomic E-state index is 12.6. The molecule has 0 unspecified atom stereocenters. The van der Waals surface area contributed by atoms with Crippen molar-refractivity contribution in [1.29, 1.82) is 0 Å². The molecule has 0 fully saturated rings. The van der Waals surface area contributed by atoms with Crippen LogP contribution in [0, 0.1) is 6.92 Å². The number of hydrogen-bond donors (Lipinski definition) is 2. The van der Waals surface area contributed by atoms with Crippen LogP contribution in [0.4, 0.5) is 0 Å². The number of aromatic amines is 1. The highest BCUT2D eigenvalue weighted by Crippen LogP contribution is 2.32. The van der Waals surface area contributed by atoms with Gasteiger partial charge in [0.15, 0.2) is 0 Å². The standard InChI is InChI=1S/C19H21N3O3S2.ClH/c1-3-15-12-16(13(2)22-19(15)23)17-4-5-18(26-17)27(24,25)21-11-8-14-6-9-20-10-7-14;/h4-7,9-10,12,21H,3,8,11H2,1-2H3,(H,22,23);1H. The van der Waals surface area contributed by atoms with Gasteiger partial charge in [-0.25, -0.2) is 13.1 Å². The van der Waals surface area contributed by atoms with Crippen LogP contribution in [0.3, 0.4) is 0 Å². The molecule has 9 heteroatoms. The van der Waals surface area contributed by atoms with E-state index in [1.54, 1.807) is 24.5 Å². The van der Waals surface area contributed by atoms with Gasteiger partial charge in [-0.15, -0.1) is 23.7 Å². The van der Waals surface area contributed by atoms with E-state index in [4.69, 9.17) is 0 Å². The number of sulfonamides is 1. The van der Waals surface area contributed by atoms with Gasteiger partial charge in [0.1, 0.15) is 4.21 Å². The van der Waals surface area contributed by atoms with Gasteiger partial charge in [0.25, 0.3) is 5.56 Å². The fourth-order valence-corrected chi connectivity index (χ4v) is 5.20. The second kappa shape index (κ2) is 9.47. The van der Waals surface area contributed by atoms with Crippen LogP contribution < -0.4 is 10.3 Å². The average Bonchev–Trinajstić information content (AvgIpc) is 3.13. The van der Waals surface area contributed by atoms with E-state index in [9.17, 15) is 13.2 Å². The van der Waals surface area contributed by atoms with Crippen LogP contribution in [-0.4, -0.2) is 24.9 Å².